The Kier molecular flexibility index (Phi) is 5.60. The highest BCUT2D eigenvalue weighted by molar-refractivity contribution is 5.98. The van der Waals surface area contributed by atoms with Crippen LogP contribution in [0.15, 0.2) is 58.0 Å². The number of aliphatic hydroxyl groups is 1. The average Bonchev–Trinajstić information content (AvgIpc) is 3.44. The fourth-order valence-electron chi connectivity index (χ4n) is 2.93. The van der Waals surface area contributed by atoms with Crippen LogP contribution >= 0.6 is 0 Å². The SMILES string of the molecule is COc1ccc(C(=O)NC[C@](O)(c2ccoc2)c2ccco2)c(OC)c1OC. The van der Waals surface area contributed by atoms with Crippen molar-refractivity contribution in [3.05, 3.63) is 66.0 Å². The molecule has 8 nitrogen and oxygen atoms in total. The summed E-state index contributed by atoms with van der Waals surface area (Å²) in [7, 11) is 4.38. The monoisotopic (exact) mass is 387 g/mol. The minimum Gasteiger partial charge on any atom is -0.493 e. The Morgan fingerprint density at radius 3 is 2.43 bits per heavy atom. The molecule has 1 aromatic carbocycles. The second-order valence-electron chi connectivity index (χ2n) is 5.91. The molecule has 0 saturated heterocycles. The number of amides is 1. The van der Waals surface area contributed by atoms with Crippen LogP contribution in [0.4, 0.5) is 0 Å². The van der Waals surface area contributed by atoms with E-state index in [0.717, 1.165) is 0 Å². The highest BCUT2D eigenvalue weighted by Gasteiger charge is 2.36. The molecule has 2 N–H and O–H groups in total. The van der Waals surface area contributed by atoms with Crippen molar-refractivity contribution in [1.82, 2.24) is 5.32 Å². The summed E-state index contributed by atoms with van der Waals surface area (Å²) in [6.45, 7) is -0.156. The molecule has 1 amide bonds. The third-order valence-electron chi connectivity index (χ3n) is 4.38. The molecule has 148 valence electrons. The van der Waals surface area contributed by atoms with Crippen molar-refractivity contribution in [2.45, 2.75) is 5.60 Å². The van der Waals surface area contributed by atoms with Crippen LogP contribution in [-0.2, 0) is 5.60 Å². The lowest BCUT2D eigenvalue weighted by molar-refractivity contribution is 0.0519. The van der Waals surface area contributed by atoms with E-state index in [9.17, 15) is 9.90 Å². The number of ether oxygens (including phenoxy) is 3. The first-order valence-corrected chi connectivity index (χ1v) is 8.41. The van der Waals surface area contributed by atoms with Crippen LogP contribution in [0.5, 0.6) is 17.2 Å². The van der Waals surface area contributed by atoms with Crippen molar-refractivity contribution in [2.75, 3.05) is 27.9 Å². The predicted molar refractivity (Wildman–Crippen MR) is 98.8 cm³/mol. The molecule has 0 saturated carbocycles. The standard InChI is InChI=1S/C20H21NO7/c1-24-15-7-6-14(17(25-2)18(15)26-3)19(22)21-12-20(23,13-8-10-27-11-13)16-5-4-9-28-16/h4-11,23H,12H2,1-3H3,(H,21,22)/t20-/m0/s1. The number of hydrogen-bond acceptors (Lipinski definition) is 7. The summed E-state index contributed by atoms with van der Waals surface area (Å²) < 4.78 is 26.3. The van der Waals surface area contributed by atoms with Gasteiger partial charge in [0.05, 0.1) is 52.2 Å². The van der Waals surface area contributed by atoms with Gasteiger partial charge >= 0.3 is 0 Å². The van der Waals surface area contributed by atoms with Gasteiger partial charge in [-0.2, -0.15) is 0 Å². The zero-order valence-electron chi connectivity index (χ0n) is 15.7. The topological polar surface area (TPSA) is 103 Å². The highest BCUT2D eigenvalue weighted by Crippen LogP contribution is 2.39. The molecule has 0 aliphatic heterocycles. The fraction of sp³-hybridized carbons (Fsp3) is 0.250. The summed E-state index contributed by atoms with van der Waals surface area (Å²) in [6, 6.07) is 8.03. The maximum Gasteiger partial charge on any atom is 0.255 e. The normalized spacial score (nSPS) is 12.9. The maximum absolute atomic E-state index is 12.8. The first kappa shape index (κ1) is 19.4. The first-order chi connectivity index (χ1) is 13.5. The second-order valence-corrected chi connectivity index (χ2v) is 5.91. The Labute approximate surface area is 161 Å². The lowest BCUT2D eigenvalue weighted by atomic mass is 9.93. The van der Waals surface area contributed by atoms with E-state index in [1.165, 1.54) is 40.1 Å². The Bertz CT molecular complexity index is 882. The molecular formula is C20H21NO7. The van der Waals surface area contributed by atoms with Crippen LogP contribution < -0.4 is 19.5 Å². The molecule has 2 aromatic heterocycles. The summed E-state index contributed by atoms with van der Waals surface area (Å²) in [4.78, 5) is 12.8. The molecule has 3 rings (SSSR count). The Morgan fingerprint density at radius 1 is 1.07 bits per heavy atom. The number of nitrogens with one attached hydrogen (secondary N) is 1. The van der Waals surface area contributed by atoms with E-state index in [4.69, 9.17) is 23.0 Å². The number of hydrogen-bond donors (Lipinski definition) is 2. The smallest absolute Gasteiger partial charge is 0.255 e. The quantitative estimate of drug-likeness (QED) is 0.612. The zero-order chi connectivity index (χ0) is 20.1. The van der Waals surface area contributed by atoms with Gasteiger partial charge in [-0.25, -0.2) is 0 Å². The van der Waals surface area contributed by atoms with Gasteiger partial charge in [0, 0.05) is 5.56 Å². The van der Waals surface area contributed by atoms with Gasteiger partial charge in [-0.15, -0.1) is 0 Å². The molecule has 28 heavy (non-hydrogen) atoms. The molecule has 3 aromatic rings. The third-order valence-corrected chi connectivity index (χ3v) is 4.38. The lowest BCUT2D eigenvalue weighted by Crippen LogP contribution is -2.41. The van der Waals surface area contributed by atoms with E-state index >= 15 is 0 Å². The molecule has 0 aliphatic rings. The average molecular weight is 387 g/mol. The predicted octanol–water partition coefficient (Wildman–Crippen LogP) is 2.56. The molecular weight excluding hydrogens is 366 g/mol. The number of methoxy groups -OCH3 is 3. The molecule has 0 radical (unpaired) electrons. The van der Waals surface area contributed by atoms with E-state index in [0.29, 0.717) is 17.1 Å². The van der Waals surface area contributed by atoms with Gasteiger partial charge in [0.25, 0.3) is 5.91 Å². The minimum absolute atomic E-state index is 0.156. The van der Waals surface area contributed by atoms with Gasteiger partial charge in [0.2, 0.25) is 5.75 Å². The van der Waals surface area contributed by atoms with Crippen LogP contribution in [0.3, 0.4) is 0 Å². The van der Waals surface area contributed by atoms with Gasteiger partial charge < -0.3 is 33.5 Å². The van der Waals surface area contributed by atoms with Gasteiger partial charge in [-0.1, -0.05) is 0 Å². The van der Waals surface area contributed by atoms with Crippen molar-refractivity contribution in [2.24, 2.45) is 0 Å². The van der Waals surface area contributed by atoms with Crippen molar-refractivity contribution in [1.29, 1.82) is 0 Å². The van der Waals surface area contributed by atoms with Crippen LogP contribution in [0.2, 0.25) is 0 Å². The summed E-state index contributed by atoms with van der Waals surface area (Å²) in [5.74, 6) is 0.763. The zero-order valence-corrected chi connectivity index (χ0v) is 15.7. The number of carbonyl (C=O) groups excluding carboxylic acids is 1. The van der Waals surface area contributed by atoms with Gasteiger partial charge in [-0.3, -0.25) is 4.79 Å². The van der Waals surface area contributed by atoms with Crippen molar-refractivity contribution in [3.63, 3.8) is 0 Å². The first-order valence-electron chi connectivity index (χ1n) is 8.41. The fourth-order valence-corrected chi connectivity index (χ4v) is 2.93. The molecule has 0 unspecified atom stereocenters. The summed E-state index contributed by atoms with van der Waals surface area (Å²) in [5.41, 5.74) is -0.924. The highest BCUT2D eigenvalue weighted by atomic mass is 16.5. The minimum atomic E-state index is -1.60. The molecule has 8 heteroatoms. The van der Waals surface area contributed by atoms with E-state index in [1.54, 1.807) is 30.3 Å². The number of carbonyl (C=O) groups is 1. The summed E-state index contributed by atoms with van der Waals surface area (Å²) >= 11 is 0. The maximum atomic E-state index is 12.8. The Balaban J connectivity index is 1.89. The number of furan rings is 2. The van der Waals surface area contributed by atoms with Crippen LogP contribution in [0.1, 0.15) is 21.7 Å². The largest absolute Gasteiger partial charge is 0.493 e. The van der Waals surface area contributed by atoms with Gasteiger partial charge in [0.15, 0.2) is 17.1 Å². The second kappa shape index (κ2) is 8.10. The molecule has 0 bridgehead atoms. The van der Waals surface area contributed by atoms with Crippen molar-refractivity contribution in [3.8, 4) is 17.2 Å². The van der Waals surface area contributed by atoms with E-state index in [2.05, 4.69) is 5.32 Å². The molecule has 0 spiro atoms. The lowest BCUT2D eigenvalue weighted by Gasteiger charge is -2.25. The Morgan fingerprint density at radius 2 is 1.86 bits per heavy atom. The van der Waals surface area contributed by atoms with Crippen molar-refractivity contribution >= 4 is 5.91 Å². The molecule has 0 aliphatic carbocycles. The third kappa shape index (κ3) is 3.41. The van der Waals surface area contributed by atoms with Crippen LogP contribution in [0, 0.1) is 0 Å². The Hall–Kier alpha value is -3.39. The number of rotatable bonds is 8. The molecule has 1 atom stereocenters. The molecule has 0 fully saturated rings. The van der Waals surface area contributed by atoms with E-state index in [1.807, 2.05) is 0 Å². The summed E-state index contributed by atoms with van der Waals surface area (Å²) in [5, 5.41) is 13.9. The van der Waals surface area contributed by atoms with E-state index in [-0.39, 0.29) is 23.6 Å². The van der Waals surface area contributed by atoms with Crippen LogP contribution in [-0.4, -0.2) is 38.9 Å². The number of benzene rings is 1. The molecule has 2 heterocycles. The van der Waals surface area contributed by atoms with Crippen LogP contribution in [0.25, 0.3) is 0 Å². The van der Waals surface area contributed by atoms with Gasteiger partial charge in [0.1, 0.15) is 5.76 Å². The van der Waals surface area contributed by atoms with Gasteiger partial charge in [-0.05, 0) is 30.3 Å². The summed E-state index contributed by atoms with van der Waals surface area (Å²) in [6.07, 6.45) is 4.27. The van der Waals surface area contributed by atoms with Crippen molar-refractivity contribution < 1.29 is 32.9 Å². The van der Waals surface area contributed by atoms with E-state index < -0.39 is 11.5 Å².